The predicted octanol–water partition coefficient (Wildman–Crippen LogP) is 1.74. The molecule has 1 N–H and O–H groups in total. The lowest BCUT2D eigenvalue weighted by molar-refractivity contribution is 0.0923. The molecular formula is C15H22N6O. The maximum atomic E-state index is 12.5. The summed E-state index contributed by atoms with van der Waals surface area (Å²) in [5.41, 5.74) is 1.15. The Morgan fingerprint density at radius 3 is 2.59 bits per heavy atom. The summed E-state index contributed by atoms with van der Waals surface area (Å²) in [5.74, 6) is 1.52. The van der Waals surface area contributed by atoms with E-state index in [9.17, 15) is 4.79 Å². The highest BCUT2D eigenvalue weighted by Gasteiger charge is 2.22. The standard InChI is InChI=1S/C15H22N6O/c1-9(2)6-12(14-16-8-17-21(14)5)20-15(22)13-7-10(3)18-11(4)19-13/h7-9,12H,6H2,1-5H3,(H,20,22)/t12-/m1/s1. The molecule has 0 bridgehead atoms. The molecule has 22 heavy (non-hydrogen) atoms. The largest absolute Gasteiger partial charge is 0.341 e. The minimum absolute atomic E-state index is 0.199. The topological polar surface area (TPSA) is 85.6 Å². The molecule has 1 atom stereocenters. The van der Waals surface area contributed by atoms with Gasteiger partial charge in [0.2, 0.25) is 0 Å². The smallest absolute Gasteiger partial charge is 0.270 e. The first-order valence-corrected chi connectivity index (χ1v) is 7.34. The van der Waals surface area contributed by atoms with Gasteiger partial charge in [-0.25, -0.2) is 15.0 Å². The molecular weight excluding hydrogens is 280 g/mol. The van der Waals surface area contributed by atoms with E-state index in [1.54, 1.807) is 17.7 Å². The zero-order valence-electron chi connectivity index (χ0n) is 13.7. The first-order chi connectivity index (χ1) is 10.4. The summed E-state index contributed by atoms with van der Waals surface area (Å²) in [6.07, 6.45) is 2.27. The number of nitrogens with zero attached hydrogens (tertiary/aromatic N) is 5. The second-order valence-electron chi connectivity index (χ2n) is 5.84. The van der Waals surface area contributed by atoms with Gasteiger partial charge in [-0.05, 0) is 32.3 Å². The molecule has 0 aromatic carbocycles. The van der Waals surface area contributed by atoms with E-state index in [0.717, 1.165) is 17.9 Å². The van der Waals surface area contributed by atoms with E-state index in [0.29, 0.717) is 17.4 Å². The van der Waals surface area contributed by atoms with Crippen molar-refractivity contribution in [3.8, 4) is 0 Å². The Balaban J connectivity index is 2.23. The highest BCUT2D eigenvalue weighted by molar-refractivity contribution is 5.92. The Morgan fingerprint density at radius 1 is 1.32 bits per heavy atom. The van der Waals surface area contributed by atoms with E-state index in [2.05, 4.69) is 39.2 Å². The molecule has 2 heterocycles. The van der Waals surface area contributed by atoms with E-state index in [1.807, 2.05) is 14.0 Å². The van der Waals surface area contributed by atoms with Gasteiger partial charge in [-0.2, -0.15) is 5.10 Å². The van der Waals surface area contributed by atoms with Crippen molar-refractivity contribution in [2.45, 2.75) is 40.2 Å². The van der Waals surface area contributed by atoms with E-state index in [4.69, 9.17) is 0 Å². The quantitative estimate of drug-likeness (QED) is 0.909. The average Bonchev–Trinajstić information content (AvgIpc) is 2.82. The van der Waals surface area contributed by atoms with Crippen molar-refractivity contribution in [1.82, 2.24) is 30.0 Å². The normalized spacial score (nSPS) is 12.5. The van der Waals surface area contributed by atoms with Crippen molar-refractivity contribution in [3.63, 3.8) is 0 Å². The summed E-state index contributed by atoms with van der Waals surface area (Å²) in [5, 5.41) is 7.09. The Morgan fingerprint density at radius 2 is 2.05 bits per heavy atom. The van der Waals surface area contributed by atoms with Crippen LogP contribution < -0.4 is 5.32 Å². The van der Waals surface area contributed by atoms with Crippen LogP contribution in [0.3, 0.4) is 0 Å². The molecule has 0 aliphatic carbocycles. The van der Waals surface area contributed by atoms with Crippen molar-refractivity contribution < 1.29 is 4.79 Å². The van der Waals surface area contributed by atoms with Gasteiger partial charge in [0, 0.05) is 12.7 Å². The first kappa shape index (κ1) is 16.1. The zero-order chi connectivity index (χ0) is 16.3. The van der Waals surface area contributed by atoms with Gasteiger partial charge < -0.3 is 5.32 Å². The molecule has 7 heteroatoms. The fourth-order valence-electron chi connectivity index (χ4n) is 2.39. The highest BCUT2D eigenvalue weighted by Crippen LogP contribution is 2.19. The molecule has 2 aromatic heterocycles. The summed E-state index contributed by atoms with van der Waals surface area (Å²) in [6, 6.07) is 1.49. The second-order valence-corrected chi connectivity index (χ2v) is 5.84. The predicted molar refractivity (Wildman–Crippen MR) is 82.2 cm³/mol. The molecule has 7 nitrogen and oxygen atoms in total. The van der Waals surface area contributed by atoms with Crippen molar-refractivity contribution >= 4 is 5.91 Å². The number of carbonyl (C=O) groups is 1. The van der Waals surface area contributed by atoms with Gasteiger partial charge in [0.1, 0.15) is 23.7 Å². The maximum absolute atomic E-state index is 12.5. The Bertz CT molecular complexity index is 644. The summed E-state index contributed by atoms with van der Waals surface area (Å²) >= 11 is 0. The van der Waals surface area contributed by atoms with Gasteiger partial charge in [0.05, 0.1) is 6.04 Å². The van der Waals surface area contributed by atoms with Crippen LogP contribution in [0.15, 0.2) is 12.4 Å². The van der Waals surface area contributed by atoms with Crippen LogP contribution in [0.2, 0.25) is 0 Å². The number of nitrogens with one attached hydrogen (secondary N) is 1. The van der Waals surface area contributed by atoms with E-state index < -0.39 is 0 Å². The number of amides is 1. The summed E-state index contributed by atoms with van der Waals surface area (Å²) in [4.78, 5) is 25.1. The minimum atomic E-state index is -0.220. The molecule has 0 aliphatic rings. The van der Waals surface area contributed by atoms with Gasteiger partial charge in [-0.1, -0.05) is 13.8 Å². The van der Waals surface area contributed by atoms with Crippen LogP contribution in [0.1, 0.15) is 54.1 Å². The van der Waals surface area contributed by atoms with Crippen molar-refractivity contribution in [3.05, 3.63) is 35.4 Å². The molecule has 0 radical (unpaired) electrons. The minimum Gasteiger partial charge on any atom is -0.341 e. The summed E-state index contributed by atoms with van der Waals surface area (Å²) in [6.45, 7) is 7.83. The number of aryl methyl sites for hydroxylation is 3. The average molecular weight is 302 g/mol. The monoisotopic (exact) mass is 302 g/mol. The third-order valence-electron chi connectivity index (χ3n) is 3.27. The van der Waals surface area contributed by atoms with Crippen LogP contribution in [0, 0.1) is 19.8 Å². The molecule has 2 rings (SSSR count). The van der Waals surface area contributed by atoms with E-state index in [-0.39, 0.29) is 11.9 Å². The van der Waals surface area contributed by atoms with Crippen LogP contribution in [0.25, 0.3) is 0 Å². The number of hydrogen-bond donors (Lipinski definition) is 1. The highest BCUT2D eigenvalue weighted by atomic mass is 16.2. The summed E-state index contributed by atoms with van der Waals surface area (Å²) < 4.78 is 1.68. The fourth-order valence-corrected chi connectivity index (χ4v) is 2.39. The van der Waals surface area contributed by atoms with Gasteiger partial charge in [0.15, 0.2) is 0 Å². The lowest BCUT2D eigenvalue weighted by Crippen LogP contribution is -2.32. The molecule has 1 amide bonds. The molecule has 0 spiro atoms. The third-order valence-corrected chi connectivity index (χ3v) is 3.27. The van der Waals surface area contributed by atoms with Crippen molar-refractivity contribution in [2.24, 2.45) is 13.0 Å². The molecule has 0 unspecified atom stereocenters. The number of rotatable bonds is 5. The van der Waals surface area contributed by atoms with Crippen LogP contribution >= 0.6 is 0 Å². The molecule has 0 aliphatic heterocycles. The van der Waals surface area contributed by atoms with Gasteiger partial charge in [0.25, 0.3) is 5.91 Å². The first-order valence-electron chi connectivity index (χ1n) is 7.34. The third kappa shape index (κ3) is 3.87. The van der Waals surface area contributed by atoms with Gasteiger partial charge in [-0.15, -0.1) is 0 Å². The Hall–Kier alpha value is -2.31. The number of carbonyl (C=O) groups excluding carboxylic acids is 1. The number of hydrogen-bond acceptors (Lipinski definition) is 5. The zero-order valence-corrected chi connectivity index (χ0v) is 13.7. The lowest BCUT2D eigenvalue weighted by Gasteiger charge is -2.19. The van der Waals surface area contributed by atoms with Gasteiger partial charge >= 0.3 is 0 Å². The Kier molecular flexibility index (Phi) is 4.85. The second kappa shape index (κ2) is 6.64. The maximum Gasteiger partial charge on any atom is 0.270 e. The van der Waals surface area contributed by atoms with Crippen molar-refractivity contribution in [2.75, 3.05) is 0 Å². The van der Waals surface area contributed by atoms with E-state index >= 15 is 0 Å². The van der Waals surface area contributed by atoms with Gasteiger partial charge in [-0.3, -0.25) is 9.48 Å². The van der Waals surface area contributed by atoms with Crippen LogP contribution in [-0.4, -0.2) is 30.6 Å². The van der Waals surface area contributed by atoms with Crippen LogP contribution in [0.5, 0.6) is 0 Å². The lowest BCUT2D eigenvalue weighted by atomic mass is 10.0. The molecule has 2 aromatic rings. The molecule has 0 fully saturated rings. The molecule has 118 valence electrons. The number of aromatic nitrogens is 5. The van der Waals surface area contributed by atoms with Crippen LogP contribution in [0.4, 0.5) is 0 Å². The van der Waals surface area contributed by atoms with Crippen LogP contribution in [-0.2, 0) is 7.05 Å². The Labute approximate surface area is 130 Å². The van der Waals surface area contributed by atoms with E-state index in [1.165, 1.54) is 6.33 Å². The molecule has 0 saturated heterocycles. The SMILES string of the molecule is Cc1cc(C(=O)N[C@H](CC(C)C)c2ncnn2C)nc(C)n1. The molecule has 0 saturated carbocycles. The fraction of sp³-hybridized carbons (Fsp3) is 0.533. The summed E-state index contributed by atoms with van der Waals surface area (Å²) in [7, 11) is 1.82. The van der Waals surface area contributed by atoms with Crippen molar-refractivity contribution in [1.29, 1.82) is 0 Å².